The summed E-state index contributed by atoms with van der Waals surface area (Å²) in [4.78, 5) is 10.4. The second-order valence-electron chi connectivity index (χ2n) is 3.76. The number of aryl methyl sites for hydroxylation is 2. The van der Waals surface area contributed by atoms with Gasteiger partial charge in [0, 0.05) is 12.1 Å². The molecule has 0 saturated heterocycles. The van der Waals surface area contributed by atoms with E-state index in [1.165, 1.54) is 0 Å². The largest absolute Gasteiger partial charge is 0.496 e. The molecule has 0 saturated carbocycles. The predicted octanol–water partition coefficient (Wildman–Crippen LogP) is 1.49. The van der Waals surface area contributed by atoms with E-state index < -0.39 is 5.97 Å². The van der Waals surface area contributed by atoms with Gasteiger partial charge in [-0.25, -0.2) is 0 Å². The molecule has 88 valence electrons. The summed E-state index contributed by atoms with van der Waals surface area (Å²) in [5, 5.41) is 11.4. The average Bonchev–Trinajstić information content (AvgIpc) is 2.20. The standard InChI is InChI=1S/C12H17NO3/c1-8-4-9(2)10(11(5-8)16-3)6-13-7-12(14)15/h4-5,13H,6-7H2,1-3H3,(H,14,15). The van der Waals surface area contributed by atoms with Crippen LogP contribution in [0.2, 0.25) is 0 Å². The van der Waals surface area contributed by atoms with Gasteiger partial charge in [0.05, 0.1) is 13.7 Å². The summed E-state index contributed by atoms with van der Waals surface area (Å²) in [5.41, 5.74) is 3.25. The number of carbonyl (C=O) groups is 1. The topological polar surface area (TPSA) is 58.6 Å². The number of rotatable bonds is 5. The Balaban J connectivity index is 2.81. The number of ether oxygens (including phenoxy) is 1. The number of benzene rings is 1. The van der Waals surface area contributed by atoms with Crippen LogP contribution in [0.1, 0.15) is 16.7 Å². The Morgan fingerprint density at radius 2 is 2.12 bits per heavy atom. The SMILES string of the molecule is COc1cc(C)cc(C)c1CNCC(=O)O. The van der Waals surface area contributed by atoms with E-state index in [0.717, 1.165) is 22.4 Å². The Morgan fingerprint density at radius 3 is 2.69 bits per heavy atom. The van der Waals surface area contributed by atoms with Crippen molar-refractivity contribution in [3.8, 4) is 5.75 Å². The van der Waals surface area contributed by atoms with Crippen molar-refractivity contribution in [1.82, 2.24) is 5.32 Å². The van der Waals surface area contributed by atoms with E-state index in [9.17, 15) is 4.79 Å². The van der Waals surface area contributed by atoms with E-state index in [1.807, 2.05) is 19.9 Å². The molecule has 0 heterocycles. The maximum atomic E-state index is 10.4. The lowest BCUT2D eigenvalue weighted by Crippen LogP contribution is -2.22. The van der Waals surface area contributed by atoms with Gasteiger partial charge in [-0.15, -0.1) is 0 Å². The summed E-state index contributed by atoms with van der Waals surface area (Å²) in [6.45, 7) is 4.45. The van der Waals surface area contributed by atoms with E-state index in [0.29, 0.717) is 6.54 Å². The Hall–Kier alpha value is -1.55. The molecule has 0 radical (unpaired) electrons. The van der Waals surface area contributed by atoms with Crippen molar-refractivity contribution in [3.63, 3.8) is 0 Å². The van der Waals surface area contributed by atoms with E-state index in [2.05, 4.69) is 11.4 Å². The van der Waals surface area contributed by atoms with Gasteiger partial charge in [0.2, 0.25) is 0 Å². The molecule has 0 amide bonds. The lowest BCUT2D eigenvalue weighted by Gasteiger charge is -2.13. The number of hydrogen-bond acceptors (Lipinski definition) is 3. The maximum absolute atomic E-state index is 10.4. The second-order valence-corrected chi connectivity index (χ2v) is 3.76. The third kappa shape index (κ3) is 3.24. The molecule has 0 aliphatic carbocycles. The minimum atomic E-state index is -0.858. The fraction of sp³-hybridized carbons (Fsp3) is 0.417. The van der Waals surface area contributed by atoms with Crippen molar-refractivity contribution in [2.24, 2.45) is 0 Å². The van der Waals surface area contributed by atoms with Gasteiger partial charge in [0.15, 0.2) is 0 Å². The quantitative estimate of drug-likeness (QED) is 0.794. The highest BCUT2D eigenvalue weighted by Crippen LogP contribution is 2.23. The molecule has 0 aliphatic rings. The van der Waals surface area contributed by atoms with Crippen molar-refractivity contribution in [3.05, 3.63) is 28.8 Å². The van der Waals surface area contributed by atoms with Crippen LogP contribution >= 0.6 is 0 Å². The highest BCUT2D eigenvalue weighted by molar-refractivity contribution is 5.69. The first-order chi connectivity index (χ1) is 7.54. The molecule has 4 heteroatoms. The zero-order valence-electron chi connectivity index (χ0n) is 9.83. The summed E-state index contributed by atoms with van der Waals surface area (Å²) in [5.74, 6) is -0.0564. The molecule has 0 bridgehead atoms. The summed E-state index contributed by atoms with van der Waals surface area (Å²) >= 11 is 0. The van der Waals surface area contributed by atoms with Crippen LogP contribution in [0.15, 0.2) is 12.1 Å². The number of hydrogen-bond donors (Lipinski definition) is 2. The minimum Gasteiger partial charge on any atom is -0.496 e. The predicted molar refractivity (Wildman–Crippen MR) is 61.8 cm³/mol. The molecular formula is C12H17NO3. The normalized spacial score (nSPS) is 10.2. The van der Waals surface area contributed by atoms with Gasteiger partial charge < -0.3 is 15.2 Å². The Bertz CT molecular complexity index is 388. The first kappa shape index (κ1) is 12.5. The summed E-state index contributed by atoms with van der Waals surface area (Å²) in [6.07, 6.45) is 0. The number of carboxylic acids is 1. The van der Waals surface area contributed by atoms with Crippen LogP contribution in [-0.4, -0.2) is 24.7 Å². The lowest BCUT2D eigenvalue weighted by molar-refractivity contribution is -0.136. The molecule has 1 aromatic carbocycles. The molecular weight excluding hydrogens is 206 g/mol. The van der Waals surface area contributed by atoms with E-state index in [1.54, 1.807) is 7.11 Å². The number of aliphatic carboxylic acids is 1. The smallest absolute Gasteiger partial charge is 0.317 e. The first-order valence-electron chi connectivity index (χ1n) is 5.11. The third-order valence-corrected chi connectivity index (χ3v) is 2.37. The first-order valence-corrected chi connectivity index (χ1v) is 5.11. The molecule has 0 aromatic heterocycles. The summed E-state index contributed by atoms with van der Waals surface area (Å²) < 4.78 is 5.28. The maximum Gasteiger partial charge on any atom is 0.317 e. The molecule has 0 atom stereocenters. The van der Waals surface area contributed by atoms with Gasteiger partial charge in [-0.3, -0.25) is 4.79 Å². The molecule has 0 aliphatic heterocycles. The number of carboxylic acid groups (broad SMARTS) is 1. The Morgan fingerprint density at radius 1 is 1.44 bits per heavy atom. The van der Waals surface area contributed by atoms with Crippen molar-refractivity contribution >= 4 is 5.97 Å². The summed E-state index contributed by atoms with van der Waals surface area (Å²) in [6, 6.07) is 4.01. The molecule has 0 spiro atoms. The second kappa shape index (κ2) is 5.51. The van der Waals surface area contributed by atoms with Gasteiger partial charge in [0.25, 0.3) is 0 Å². The third-order valence-electron chi connectivity index (χ3n) is 2.37. The van der Waals surface area contributed by atoms with E-state index >= 15 is 0 Å². The van der Waals surface area contributed by atoms with Crippen LogP contribution in [0.5, 0.6) is 5.75 Å². The fourth-order valence-electron chi connectivity index (χ4n) is 1.66. The van der Waals surface area contributed by atoms with Gasteiger partial charge >= 0.3 is 5.97 Å². The number of methoxy groups -OCH3 is 1. The molecule has 1 rings (SSSR count). The molecule has 16 heavy (non-hydrogen) atoms. The van der Waals surface area contributed by atoms with Gasteiger partial charge in [0.1, 0.15) is 5.75 Å². The van der Waals surface area contributed by atoms with Crippen LogP contribution in [0.25, 0.3) is 0 Å². The highest BCUT2D eigenvalue weighted by atomic mass is 16.5. The van der Waals surface area contributed by atoms with Crippen LogP contribution in [0.4, 0.5) is 0 Å². The fourth-order valence-corrected chi connectivity index (χ4v) is 1.66. The van der Waals surface area contributed by atoms with Gasteiger partial charge in [-0.2, -0.15) is 0 Å². The molecule has 0 fully saturated rings. The van der Waals surface area contributed by atoms with Crippen LogP contribution in [-0.2, 0) is 11.3 Å². The number of nitrogens with one attached hydrogen (secondary N) is 1. The lowest BCUT2D eigenvalue weighted by atomic mass is 10.0. The zero-order valence-corrected chi connectivity index (χ0v) is 9.83. The van der Waals surface area contributed by atoms with Crippen molar-refractivity contribution in [2.75, 3.05) is 13.7 Å². The summed E-state index contributed by atoms with van der Waals surface area (Å²) in [7, 11) is 1.62. The van der Waals surface area contributed by atoms with Crippen LogP contribution in [0.3, 0.4) is 0 Å². The minimum absolute atomic E-state index is 0.0452. The Kier molecular flexibility index (Phi) is 4.31. The molecule has 4 nitrogen and oxygen atoms in total. The molecule has 0 unspecified atom stereocenters. The van der Waals surface area contributed by atoms with E-state index in [4.69, 9.17) is 9.84 Å². The van der Waals surface area contributed by atoms with E-state index in [-0.39, 0.29) is 6.54 Å². The van der Waals surface area contributed by atoms with Gasteiger partial charge in [-0.05, 0) is 31.0 Å². The average molecular weight is 223 g/mol. The Labute approximate surface area is 95.2 Å². The van der Waals surface area contributed by atoms with Crippen molar-refractivity contribution < 1.29 is 14.6 Å². The van der Waals surface area contributed by atoms with Crippen molar-refractivity contribution in [1.29, 1.82) is 0 Å². The monoisotopic (exact) mass is 223 g/mol. The van der Waals surface area contributed by atoms with Gasteiger partial charge in [-0.1, -0.05) is 6.07 Å². The zero-order chi connectivity index (χ0) is 12.1. The van der Waals surface area contributed by atoms with Crippen LogP contribution < -0.4 is 10.1 Å². The van der Waals surface area contributed by atoms with Crippen molar-refractivity contribution in [2.45, 2.75) is 20.4 Å². The van der Waals surface area contributed by atoms with Crippen LogP contribution in [0, 0.1) is 13.8 Å². The molecule has 1 aromatic rings. The highest BCUT2D eigenvalue weighted by Gasteiger charge is 2.07. The molecule has 2 N–H and O–H groups in total.